The highest BCUT2D eigenvalue weighted by molar-refractivity contribution is 5.16. The Morgan fingerprint density at radius 3 is 2.84 bits per heavy atom. The standard InChI is InChI=1S/C16H25NO2/c1-2-16-11-14(8-9-19-16)17-15(12-18)10-13-6-4-3-5-7-13/h3-7,14-18H,2,8-12H2,1H3/t14?,15-,16?/m1/s1. The minimum atomic E-state index is 0.142. The van der Waals surface area contributed by atoms with Gasteiger partial charge in [0.1, 0.15) is 0 Å². The highest BCUT2D eigenvalue weighted by Gasteiger charge is 2.23. The van der Waals surface area contributed by atoms with Crippen molar-refractivity contribution in [2.75, 3.05) is 13.2 Å². The van der Waals surface area contributed by atoms with Crippen LogP contribution in [-0.4, -0.2) is 36.5 Å². The molecule has 1 aliphatic rings. The lowest BCUT2D eigenvalue weighted by Crippen LogP contribution is -2.46. The lowest BCUT2D eigenvalue weighted by atomic mass is 9.99. The fourth-order valence-corrected chi connectivity index (χ4v) is 2.72. The molecule has 0 saturated carbocycles. The van der Waals surface area contributed by atoms with Crippen molar-refractivity contribution in [2.24, 2.45) is 0 Å². The second-order valence-corrected chi connectivity index (χ2v) is 5.36. The van der Waals surface area contributed by atoms with E-state index in [0.29, 0.717) is 12.1 Å². The molecule has 3 nitrogen and oxygen atoms in total. The fraction of sp³-hybridized carbons (Fsp3) is 0.625. The van der Waals surface area contributed by atoms with Crippen molar-refractivity contribution in [1.82, 2.24) is 5.32 Å². The molecular formula is C16H25NO2. The highest BCUT2D eigenvalue weighted by atomic mass is 16.5. The van der Waals surface area contributed by atoms with Crippen LogP contribution >= 0.6 is 0 Å². The Hall–Kier alpha value is -0.900. The maximum absolute atomic E-state index is 9.55. The molecule has 0 aliphatic carbocycles. The zero-order chi connectivity index (χ0) is 13.5. The van der Waals surface area contributed by atoms with Gasteiger partial charge in [-0.25, -0.2) is 0 Å². The van der Waals surface area contributed by atoms with E-state index in [1.54, 1.807) is 0 Å². The SMILES string of the molecule is CCC1CC(N[C@@H](CO)Cc2ccccc2)CCO1. The summed E-state index contributed by atoms with van der Waals surface area (Å²) in [6, 6.07) is 11.0. The van der Waals surface area contributed by atoms with Gasteiger partial charge in [-0.1, -0.05) is 37.3 Å². The van der Waals surface area contributed by atoms with Gasteiger partial charge in [-0.2, -0.15) is 0 Å². The molecule has 2 N–H and O–H groups in total. The molecule has 1 saturated heterocycles. The molecule has 0 amide bonds. The Balaban J connectivity index is 1.85. The van der Waals surface area contributed by atoms with Crippen LogP contribution in [0.25, 0.3) is 0 Å². The largest absolute Gasteiger partial charge is 0.395 e. The maximum atomic E-state index is 9.55. The lowest BCUT2D eigenvalue weighted by Gasteiger charge is -2.32. The molecule has 0 bridgehead atoms. The van der Waals surface area contributed by atoms with E-state index in [-0.39, 0.29) is 12.6 Å². The van der Waals surface area contributed by atoms with Crippen molar-refractivity contribution in [3.8, 4) is 0 Å². The Morgan fingerprint density at radius 2 is 2.16 bits per heavy atom. The second kappa shape index (κ2) is 7.63. The summed E-state index contributed by atoms with van der Waals surface area (Å²) < 4.78 is 5.69. The van der Waals surface area contributed by atoms with Gasteiger partial charge < -0.3 is 15.2 Å². The van der Waals surface area contributed by atoms with E-state index in [2.05, 4.69) is 24.4 Å². The summed E-state index contributed by atoms with van der Waals surface area (Å²) in [5, 5.41) is 13.1. The average Bonchev–Trinajstić information content (AvgIpc) is 2.48. The zero-order valence-electron chi connectivity index (χ0n) is 11.7. The molecule has 1 aromatic carbocycles. The molecule has 1 fully saturated rings. The summed E-state index contributed by atoms with van der Waals surface area (Å²) in [7, 11) is 0. The van der Waals surface area contributed by atoms with Crippen LogP contribution in [0.4, 0.5) is 0 Å². The van der Waals surface area contributed by atoms with Gasteiger partial charge in [0.25, 0.3) is 0 Å². The van der Waals surface area contributed by atoms with Crippen LogP contribution in [0.15, 0.2) is 30.3 Å². The summed E-state index contributed by atoms with van der Waals surface area (Å²) in [6.45, 7) is 3.18. The summed E-state index contributed by atoms with van der Waals surface area (Å²) in [5.41, 5.74) is 1.27. The zero-order valence-corrected chi connectivity index (χ0v) is 11.7. The Morgan fingerprint density at radius 1 is 1.37 bits per heavy atom. The first kappa shape index (κ1) is 14.5. The first-order valence-corrected chi connectivity index (χ1v) is 7.34. The summed E-state index contributed by atoms with van der Waals surface area (Å²) in [4.78, 5) is 0. The van der Waals surface area contributed by atoms with Gasteiger partial charge in [0.15, 0.2) is 0 Å². The van der Waals surface area contributed by atoms with E-state index in [1.165, 1.54) is 5.56 Å². The van der Waals surface area contributed by atoms with Crippen molar-refractivity contribution < 1.29 is 9.84 Å². The predicted octanol–water partition coefficient (Wildman–Crippen LogP) is 2.14. The van der Waals surface area contributed by atoms with Gasteiger partial charge >= 0.3 is 0 Å². The van der Waals surface area contributed by atoms with Gasteiger partial charge in [0.05, 0.1) is 12.7 Å². The third kappa shape index (κ3) is 4.60. The first-order valence-electron chi connectivity index (χ1n) is 7.34. The Labute approximate surface area is 116 Å². The number of ether oxygens (including phenoxy) is 1. The molecule has 1 aliphatic heterocycles. The van der Waals surface area contributed by atoms with Gasteiger partial charge in [-0.3, -0.25) is 0 Å². The smallest absolute Gasteiger partial charge is 0.0587 e. The number of hydrogen-bond acceptors (Lipinski definition) is 3. The fourth-order valence-electron chi connectivity index (χ4n) is 2.72. The summed E-state index contributed by atoms with van der Waals surface area (Å²) >= 11 is 0. The van der Waals surface area contributed by atoms with Crippen LogP contribution in [-0.2, 0) is 11.2 Å². The van der Waals surface area contributed by atoms with Gasteiger partial charge in [0, 0.05) is 18.7 Å². The van der Waals surface area contributed by atoms with Crippen molar-refractivity contribution >= 4 is 0 Å². The van der Waals surface area contributed by atoms with Crippen molar-refractivity contribution in [3.05, 3.63) is 35.9 Å². The summed E-state index contributed by atoms with van der Waals surface area (Å²) in [5.74, 6) is 0. The molecule has 3 heteroatoms. The lowest BCUT2D eigenvalue weighted by molar-refractivity contribution is -0.00324. The summed E-state index contributed by atoms with van der Waals surface area (Å²) in [6.07, 6.45) is 4.43. The number of nitrogens with one attached hydrogen (secondary N) is 1. The van der Waals surface area contributed by atoms with Crippen LogP contribution in [0.5, 0.6) is 0 Å². The maximum Gasteiger partial charge on any atom is 0.0587 e. The first-order chi connectivity index (χ1) is 9.31. The quantitative estimate of drug-likeness (QED) is 0.826. The minimum Gasteiger partial charge on any atom is -0.395 e. The monoisotopic (exact) mass is 263 g/mol. The topological polar surface area (TPSA) is 41.5 Å². The minimum absolute atomic E-state index is 0.142. The van der Waals surface area contributed by atoms with E-state index in [1.807, 2.05) is 18.2 Å². The molecule has 3 atom stereocenters. The third-order valence-electron chi connectivity index (χ3n) is 3.84. The molecule has 1 heterocycles. The number of benzene rings is 1. The van der Waals surface area contributed by atoms with Crippen LogP contribution in [0.1, 0.15) is 31.7 Å². The number of rotatable bonds is 6. The van der Waals surface area contributed by atoms with Crippen molar-refractivity contribution in [1.29, 1.82) is 0 Å². The molecule has 106 valence electrons. The van der Waals surface area contributed by atoms with E-state index in [4.69, 9.17) is 4.74 Å². The van der Waals surface area contributed by atoms with Crippen molar-refractivity contribution in [3.63, 3.8) is 0 Å². The predicted molar refractivity (Wildman–Crippen MR) is 77.2 cm³/mol. The van der Waals surface area contributed by atoms with Crippen LogP contribution in [0.2, 0.25) is 0 Å². The third-order valence-corrected chi connectivity index (χ3v) is 3.84. The Kier molecular flexibility index (Phi) is 5.83. The number of aliphatic hydroxyl groups is 1. The number of hydrogen-bond donors (Lipinski definition) is 2. The molecular weight excluding hydrogens is 238 g/mol. The molecule has 0 spiro atoms. The second-order valence-electron chi connectivity index (χ2n) is 5.36. The normalized spacial score (nSPS) is 25.2. The molecule has 2 rings (SSSR count). The molecule has 0 radical (unpaired) electrons. The van der Waals surface area contributed by atoms with Gasteiger partial charge in [-0.05, 0) is 31.2 Å². The molecule has 2 unspecified atom stereocenters. The van der Waals surface area contributed by atoms with E-state index in [9.17, 15) is 5.11 Å². The van der Waals surface area contributed by atoms with Crippen molar-refractivity contribution in [2.45, 2.75) is 50.8 Å². The van der Waals surface area contributed by atoms with E-state index in [0.717, 1.165) is 32.3 Å². The average molecular weight is 263 g/mol. The molecule has 19 heavy (non-hydrogen) atoms. The molecule has 0 aromatic heterocycles. The van der Waals surface area contributed by atoms with Gasteiger partial charge in [-0.15, -0.1) is 0 Å². The van der Waals surface area contributed by atoms with E-state index < -0.39 is 0 Å². The molecule has 1 aromatic rings. The van der Waals surface area contributed by atoms with Crippen LogP contribution in [0.3, 0.4) is 0 Å². The van der Waals surface area contributed by atoms with Crippen LogP contribution < -0.4 is 5.32 Å². The van der Waals surface area contributed by atoms with E-state index >= 15 is 0 Å². The van der Waals surface area contributed by atoms with Crippen LogP contribution in [0, 0.1) is 0 Å². The van der Waals surface area contributed by atoms with Gasteiger partial charge in [0.2, 0.25) is 0 Å². The highest BCUT2D eigenvalue weighted by Crippen LogP contribution is 2.17. The Bertz CT molecular complexity index is 355. The number of aliphatic hydroxyl groups excluding tert-OH is 1.